The van der Waals surface area contributed by atoms with Gasteiger partial charge in [0.05, 0.1) is 0 Å². The smallest absolute Gasteiger partial charge is 0.0384 e. The molecule has 0 saturated heterocycles. The Morgan fingerprint density at radius 1 is 1.33 bits per heavy atom. The molecule has 0 N–H and O–H groups in total. The van der Waals surface area contributed by atoms with Crippen LogP contribution in [0.3, 0.4) is 0 Å². The largest absolute Gasteiger partial charge is 0.262 e. The van der Waals surface area contributed by atoms with Gasteiger partial charge in [0.25, 0.3) is 0 Å². The summed E-state index contributed by atoms with van der Waals surface area (Å²) in [6, 6.07) is 0. The zero-order valence-electron chi connectivity index (χ0n) is 8.19. The fourth-order valence-electron chi connectivity index (χ4n) is 0.628. The van der Waals surface area contributed by atoms with Crippen molar-refractivity contribution < 1.29 is 0 Å². The van der Waals surface area contributed by atoms with E-state index < -0.39 is 0 Å². The summed E-state index contributed by atoms with van der Waals surface area (Å²) in [6.45, 7) is 7.95. The van der Waals surface area contributed by atoms with Crippen molar-refractivity contribution >= 4 is 17.3 Å². The molecule has 2 heteroatoms. The summed E-state index contributed by atoms with van der Waals surface area (Å²) < 4.78 is 0. The predicted octanol–water partition coefficient (Wildman–Crippen LogP) is 3.90. The van der Waals surface area contributed by atoms with Crippen LogP contribution in [0.25, 0.3) is 0 Å². The van der Waals surface area contributed by atoms with Gasteiger partial charge in [-0.05, 0) is 33.3 Å². The van der Waals surface area contributed by atoms with Crippen molar-refractivity contribution in [1.29, 1.82) is 0 Å². The topological polar surface area (TPSA) is 12.4 Å². The van der Waals surface area contributed by atoms with Crippen LogP contribution < -0.4 is 0 Å². The van der Waals surface area contributed by atoms with E-state index in [0.29, 0.717) is 0 Å². The lowest BCUT2D eigenvalue weighted by Crippen LogP contribution is -1.83. The third-order valence-electron chi connectivity index (χ3n) is 1.45. The van der Waals surface area contributed by atoms with Crippen molar-refractivity contribution in [2.45, 2.75) is 34.1 Å². The maximum atomic E-state index is 5.68. The van der Waals surface area contributed by atoms with Gasteiger partial charge in [-0.3, -0.25) is 4.99 Å². The first-order valence-corrected chi connectivity index (χ1v) is 4.48. The van der Waals surface area contributed by atoms with Crippen LogP contribution in [-0.2, 0) is 0 Å². The van der Waals surface area contributed by atoms with Gasteiger partial charge in [-0.15, -0.1) is 0 Å². The van der Waals surface area contributed by atoms with Crippen LogP contribution >= 0.6 is 11.6 Å². The molecule has 0 bridgehead atoms. The van der Waals surface area contributed by atoms with E-state index in [-0.39, 0.29) is 0 Å². The first-order chi connectivity index (χ1) is 5.56. The molecule has 0 heterocycles. The van der Waals surface area contributed by atoms with Crippen LogP contribution in [-0.4, -0.2) is 5.71 Å². The highest BCUT2D eigenvalue weighted by atomic mass is 35.5. The van der Waals surface area contributed by atoms with E-state index in [2.05, 4.69) is 18.8 Å². The third kappa shape index (κ3) is 6.17. The Kier molecular flexibility index (Phi) is 5.73. The summed E-state index contributed by atoms with van der Waals surface area (Å²) >= 11 is 5.68. The standard InChI is InChI=1S/C10H16ClN/c1-5-8(2)7-12-10(4)6-9(3)11/h6-7H,5H2,1-4H3/b8-7+,9-6+,12-10+. The molecule has 0 amide bonds. The Labute approximate surface area is 79.8 Å². The van der Waals surface area contributed by atoms with Crippen molar-refractivity contribution in [3.63, 3.8) is 0 Å². The van der Waals surface area contributed by atoms with Gasteiger partial charge in [0.2, 0.25) is 0 Å². The molecule has 0 atom stereocenters. The Bertz CT molecular complexity index is 220. The molecule has 0 spiro atoms. The average Bonchev–Trinajstić information content (AvgIpc) is 1.99. The maximum absolute atomic E-state index is 5.68. The van der Waals surface area contributed by atoms with E-state index in [0.717, 1.165) is 17.2 Å². The molecule has 0 saturated carbocycles. The average molecular weight is 186 g/mol. The Morgan fingerprint density at radius 2 is 1.92 bits per heavy atom. The van der Waals surface area contributed by atoms with Gasteiger partial charge in [-0.1, -0.05) is 24.1 Å². The molecule has 0 rings (SSSR count). The van der Waals surface area contributed by atoms with E-state index in [1.54, 1.807) is 0 Å². The second kappa shape index (κ2) is 6.01. The summed E-state index contributed by atoms with van der Waals surface area (Å²) in [5.74, 6) is 0. The van der Waals surface area contributed by atoms with Crippen LogP contribution in [0.4, 0.5) is 0 Å². The van der Waals surface area contributed by atoms with E-state index >= 15 is 0 Å². The SMILES string of the molecule is CC/C(C)=C/N=C(C)/C=C(\C)Cl. The van der Waals surface area contributed by atoms with Crippen molar-refractivity contribution in [2.75, 3.05) is 0 Å². The molecule has 12 heavy (non-hydrogen) atoms. The summed E-state index contributed by atoms with van der Waals surface area (Å²) in [7, 11) is 0. The Balaban J connectivity index is 4.28. The van der Waals surface area contributed by atoms with Crippen LogP contribution in [0.5, 0.6) is 0 Å². The molecule has 0 radical (unpaired) electrons. The van der Waals surface area contributed by atoms with Gasteiger partial charge in [0.1, 0.15) is 0 Å². The van der Waals surface area contributed by atoms with E-state index in [1.807, 2.05) is 26.1 Å². The maximum Gasteiger partial charge on any atom is 0.0384 e. The number of rotatable bonds is 3. The molecule has 0 unspecified atom stereocenters. The quantitative estimate of drug-likeness (QED) is 0.592. The lowest BCUT2D eigenvalue weighted by atomic mass is 10.2. The number of allylic oxidation sites excluding steroid dienone is 3. The predicted molar refractivity (Wildman–Crippen MR) is 56.8 cm³/mol. The van der Waals surface area contributed by atoms with Crippen LogP contribution in [0, 0.1) is 0 Å². The van der Waals surface area contributed by atoms with Gasteiger partial charge in [-0.2, -0.15) is 0 Å². The highest BCUT2D eigenvalue weighted by molar-refractivity contribution is 6.30. The number of hydrogen-bond donors (Lipinski definition) is 0. The monoisotopic (exact) mass is 185 g/mol. The lowest BCUT2D eigenvalue weighted by Gasteiger charge is -1.92. The summed E-state index contributed by atoms with van der Waals surface area (Å²) in [4.78, 5) is 4.23. The molecular weight excluding hydrogens is 170 g/mol. The number of halogens is 1. The second-order valence-electron chi connectivity index (χ2n) is 2.83. The lowest BCUT2D eigenvalue weighted by molar-refractivity contribution is 1.09. The Hall–Kier alpha value is -0.560. The van der Waals surface area contributed by atoms with Crippen molar-refractivity contribution in [3.05, 3.63) is 22.9 Å². The van der Waals surface area contributed by atoms with Crippen molar-refractivity contribution in [3.8, 4) is 0 Å². The summed E-state index contributed by atoms with van der Waals surface area (Å²) in [6.07, 6.45) is 4.77. The fourth-order valence-corrected chi connectivity index (χ4v) is 0.786. The molecule has 0 fully saturated rings. The first kappa shape index (κ1) is 11.4. The van der Waals surface area contributed by atoms with E-state index in [1.165, 1.54) is 5.57 Å². The van der Waals surface area contributed by atoms with Crippen LogP contribution in [0.2, 0.25) is 0 Å². The molecule has 0 aliphatic carbocycles. The molecule has 0 aromatic carbocycles. The zero-order chi connectivity index (χ0) is 9.56. The van der Waals surface area contributed by atoms with Crippen LogP contribution in [0.1, 0.15) is 34.1 Å². The summed E-state index contributed by atoms with van der Waals surface area (Å²) in [5, 5.41) is 0.763. The third-order valence-corrected chi connectivity index (χ3v) is 1.56. The molecule has 1 nitrogen and oxygen atoms in total. The van der Waals surface area contributed by atoms with Crippen LogP contribution in [0.15, 0.2) is 27.9 Å². The highest BCUT2D eigenvalue weighted by Crippen LogP contribution is 2.01. The van der Waals surface area contributed by atoms with Crippen molar-refractivity contribution in [1.82, 2.24) is 0 Å². The number of aliphatic imine (C=N–C) groups is 1. The number of nitrogens with zero attached hydrogens (tertiary/aromatic N) is 1. The minimum Gasteiger partial charge on any atom is -0.262 e. The van der Waals surface area contributed by atoms with Gasteiger partial charge in [0, 0.05) is 16.9 Å². The minimum atomic E-state index is 0.763. The van der Waals surface area contributed by atoms with Crippen molar-refractivity contribution in [2.24, 2.45) is 4.99 Å². The highest BCUT2D eigenvalue weighted by Gasteiger charge is 1.85. The van der Waals surface area contributed by atoms with Gasteiger partial charge in [-0.25, -0.2) is 0 Å². The molecular formula is C10H16ClN. The van der Waals surface area contributed by atoms with Gasteiger partial charge in [0.15, 0.2) is 0 Å². The molecule has 0 aromatic heterocycles. The van der Waals surface area contributed by atoms with Gasteiger partial charge < -0.3 is 0 Å². The normalized spacial score (nSPS) is 15.2. The number of hydrogen-bond acceptors (Lipinski definition) is 1. The summed E-state index contributed by atoms with van der Waals surface area (Å²) in [5.41, 5.74) is 2.21. The fraction of sp³-hybridized carbons (Fsp3) is 0.500. The molecule has 0 aliphatic heterocycles. The zero-order valence-corrected chi connectivity index (χ0v) is 8.94. The Morgan fingerprint density at radius 3 is 2.33 bits per heavy atom. The van der Waals surface area contributed by atoms with E-state index in [9.17, 15) is 0 Å². The molecule has 0 aliphatic rings. The van der Waals surface area contributed by atoms with Gasteiger partial charge >= 0.3 is 0 Å². The van der Waals surface area contributed by atoms with E-state index in [4.69, 9.17) is 11.6 Å². The minimum absolute atomic E-state index is 0.763. The molecule has 0 aromatic rings. The second-order valence-corrected chi connectivity index (χ2v) is 3.43. The first-order valence-electron chi connectivity index (χ1n) is 4.10. The molecule has 68 valence electrons.